The van der Waals surface area contributed by atoms with Crippen molar-refractivity contribution in [2.75, 3.05) is 25.3 Å². The van der Waals surface area contributed by atoms with Crippen molar-refractivity contribution in [1.29, 1.82) is 0 Å². The predicted octanol–water partition coefficient (Wildman–Crippen LogP) is 4.52. The molecule has 0 aliphatic heterocycles. The monoisotopic (exact) mass is 399 g/mol. The molecule has 1 amide bonds. The molecule has 0 saturated carbocycles. The zero-order chi connectivity index (χ0) is 18.4. The number of methoxy groups -OCH3 is 2. The number of hydrogen-bond acceptors (Lipinski definition) is 5. The van der Waals surface area contributed by atoms with Gasteiger partial charge in [0, 0.05) is 9.92 Å². The maximum absolute atomic E-state index is 12.3. The lowest BCUT2D eigenvalue weighted by atomic mass is 10.1. The molecule has 0 aliphatic rings. The smallest absolute Gasteiger partial charge is 0.341 e. The van der Waals surface area contributed by atoms with Gasteiger partial charge in [0.05, 0.1) is 30.7 Å². The minimum Gasteiger partial charge on any atom is -0.496 e. The highest BCUT2D eigenvalue weighted by atomic mass is 35.5. The third kappa shape index (κ3) is 5.04. The number of anilines is 1. The molecule has 0 aliphatic carbocycles. The van der Waals surface area contributed by atoms with Crippen molar-refractivity contribution < 1.29 is 19.1 Å². The molecule has 25 heavy (non-hydrogen) atoms. The van der Waals surface area contributed by atoms with E-state index in [0.29, 0.717) is 10.8 Å². The molecule has 5 nitrogen and oxygen atoms in total. The van der Waals surface area contributed by atoms with Gasteiger partial charge < -0.3 is 14.8 Å². The summed E-state index contributed by atoms with van der Waals surface area (Å²) in [6.07, 6.45) is 0. The van der Waals surface area contributed by atoms with Crippen LogP contribution in [0.15, 0.2) is 41.3 Å². The van der Waals surface area contributed by atoms with Gasteiger partial charge in [-0.3, -0.25) is 4.79 Å². The van der Waals surface area contributed by atoms with E-state index in [4.69, 9.17) is 32.7 Å². The number of carbonyl (C=O) groups excluding carboxylic acids is 2. The van der Waals surface area contributed by atoms with Gasteiger partial charge in [-0.25, -0.2) is 4.79 Å². The number of amides is 1. The molecule has 0 fully saturated rings. The molecule has 2 rings (SSSR count). The number of rotatable bonds is 6. The molecular weight excluding hydrogens is 385 g/mol. The Morgan fingerprint density at radius 2 is 1.88 bits per heavy atom. The molecule has 0 aromatic heterocycles. The standard InChI is InChI=1S/C17H15Cl2NO4S/c1-23-13-5-3-4-6-14(13)25-9-15(21)20-12-8-10(18)7-11(19)16(12)17(22)24-2/h3-8H,9H2,1-2H3,(H,20,21). The van der Waals surface area contributed by atoms with Crippen molar-refractivity contribution in [2.24, 2.45) is 0 Å². The van der Waals surface area contributed by atoms with Crippen LogP contribution in [0.2, 0.25) is 10.0 Å². The molecule has 0 radical (unpaired) electrons. The molecular formula is C17H15Cl2NO4S. The summed E-state index contributed by atoms with van der Waals surface area (Å²) in [6.45, 7) is 0. The Kier molecular flexibility index (Phi) is 6.99. The van der Waals surface area contributed by atoms with E-state index in [1.54, 1.807) is 7.11 Å². The van der Waals surface area contributed by atoms with Crippen molar-refractivity contribution in [3.63, 3.8) is 0 Å². The van der Waals surface area contributed by atoms with Crippen LogP contribution in [0, 0.1) is 0 Å². The molecule has 2 aromatic carbocycles. The van der Waals surface area contributed by atoms with Crippen LogP contribution in [-0.4, -0.2) is 31.8 Å². The summed E-state index contributed by atoms with van der Waals surface area (Å²) in [5, 5.41) is 3.05. The summed E-state index contributed by atoms with van der Waals surface area (Å²) in [7, 11) is 2.80. The molecule has 0 saturated heterocycles. The molecule has 0 atom stereocenters. The minimum atomic E-state index is -0.658. The van der Waals surface area contributed by atoms with Gasteiger partial charge in [-0.1, -0.05) is 35.3 Å². The molecule has 1 N–H and O–H groups in total. The van der Waals surface area contributed by atoms with E-state index in [0.717, 1.165) is 4.90 Å². The van der Waals surface area contributed by atoms with E-state index in [-0.39, 0.29) is 27.9 Å². The second-order valence-electron chi connectivity index (χ2n) is 4.79. The summed E-state index contributed by atoms with van der Waals surface area (Å²) in [6, 6.07) is 10.2. The zero-order valence-electron chi connectivity index (χ0n) is 13.5. The molecule has 0 heterocycles. The number of halogens is 2. The fourth-order valence-electron chi connectivity index (χ4n) is 2.05. The Balaban J connectivity index is 2.14. The topological polar surface area (TPSA) is 64.6 Å². The number of ether oxygens (including phenoxy) is 2. The number of para-hydroxylation sites is 1. The summed E-state index contributed by atoms with van der Waals surface area (Å²) < 4.78 is 9.94. The highest BCUT2D eigenvalue weighted by molar-refractivity contribution is 8.00. The van der Waals surface area contributed by atoms with Gasteiger partial charge in [0.1, 0.15) is 11.3 Å². The first-order valence-corrected chi connectivity index (χ1v) is 8.83. The fraction of sp³-hybridized carbons (Fsp3) is 0.176. The molecule has 2 aromatic rings. The maximum Gasteiger partial charge on any atom is 0.341 e. The lowest BCUT2D eigenvalue weighted by Gasteiger charge is -2.12. The van der Waals surface area contributed by atoms with Gasteiger partial charge in [-0.2, -0.15) is 0 Å². The lowest BCUT2D eigenvalue weighted by molar-refractivity contribution is -0.113. The van der Waals surface area contributed by atoms with Gasteiger partial charge in [-0.15, -0.1) is 11.8 Å². The summed E-state index contributed by atoms with van der Waals surface area (Å²) in [5.41, 5.74) is 0.263. The Morgan fingerprint density at radius 1 is 1.16 bits per heavy atom. The van der Waals surface area contributed by atoms with Gasteiger partial charge in [0.15, 0.2) is 0 Å². The van der Waals surface area contributed by atoms with Crippen LogP contribution in [0.3, 0.4) is 0 Å². The van der Waals surface area contributed by atoms with Crippen LogP contribution in [0.4, 0.5) is 5.69 Å². The summed E-state index contributed by atoms with van der Waals surface area (Å²) in [5.74, 6) is -0.180. The third-order valence-electron chi connectivity index (χ3n) is 3.15. The minimum absolute atomic E-state index is 0.0595. The molecule has 0 unspecified atom stereocenters. The van der Waals surface area contributed by atoms with Crippen molar-refractivity contribution >= 4 is 52.5 Å². The van der Waals surface area contributed by atoms with Crippen molar-refractivity contribution in [1.82, 2.24) is 0 Å². The van der Waals surface area contributed by atoms with E-state index in [1.807, 2.05) is 24.3 Å². The number of benzene rings is 2. The highest BCUT2D eigenvalue weighted by Gasteiger charge is 2.19. The summed E-state index contributed by atoms with van der Waals surface area (Å²) in [4.78, 5) is 25.0. The van der Waals surface area contributed by atoms with E-state index in [1.165, 1.54) is 31.0 Å². The zero-order valence-corrected chi connectivity index (χ0v) is 15.8. The average molecular weight is 400 g/mol. The first-order valence-electron chi connectivity index (χ1n) is 7.09. The van der Waals surface area contributed by atoms with Crippen LogP contribution in [0.1, 0.15) is 10.4 Å². The number of hydrogen-bond donors (Lipinski definition) is 1. The second-order valence-corrected chi connectivity index (χ2v) is 6.65. The fourth-order valence-corrected chi connectivity index (χ4v) is 3.45. The van der Waals surface area contributed by atoms with Crippen LogP contribution in [0.5, 0.6) is 5.75 Å². The second kappa shape index (κ2) is 8.99. The lowest BCUT2D eigenvalue weighted by Crippen LogP contribution is -2.17. The van der Waals surface area contributed by atoms with Crippen LogP contribution in [-0.2, 0) is 9.53 Å². The van der Waals surface area contributed by atoms with E-state index in [9.17, 15) is 9.59 Å². The number of carbonyl (C=O) groups is 2. The van der Waals surface area contributed by atoms with E-state index in [2.05, 4.69) is 5.32 Å². The Labute approximate surface area is 159 Å². The van der Waals surface area contributed by atoms with Gasteiger partial charge in [0.25, 0.3) is 0 Å². The molecule has 132 valence electrons. The molecule has 8 heteroatoms. The third-order valence-corrected chi connectivity index (χ3v) is 4.72. The first-order chi connectivity index (χ1) is 12.0. The van der Waals surface area contributed by atoms with Gasteiger partial charge in [0.2, 0.25) is 5.91 Å². The van der Waals surface area contributed by atoms with Gasteiger partial charge in [-0.05, 0) is 24.3 Å². The van der Waals surface area contributed by atoms with Crippen molar-refractivity contribution in [2.45, 2.75) is 4.90 Å². The predicted molar refractivity (Wildman–Crippen MR) is 100 cm³/mol. The first kappa shape index (κ1) is 19.4. The van der Waals surface area contributed by atoms with Crippen LogP contribution >= 0.6 is 35.0 Å². The average Bonchev–Trinajstić information content (AvgIpc) is 2.59. The maximum atomic E-state index is 12.3. The van der Waals surface area contributed by atoms with Gasteiger partial charge >= 0.3 is 5.97 Å². The number of nitrogens with one attached hydrogen (secondary N) is 1. The number of thioether (sulfide) groups is 1. The highest BCUT2D eigenvalue weighted by Crippen LogP contribution is 2.31. The normalized spacial score (nSPS) is 10.2. The Hall–Kier alpha value is -1.89. The quantitative estimate of drug-likeness (QED) is 0.571. The molecule has 0 spiro atoms. The summed E-state index contributed by atoms with van der Waals surface area (Å²) >= 11 is 13.3. The van der Waals surface area contributed by atoms with Crippen LogP contribution in [0.25, 0.3) is 0 Å². The van der Waals surface area contributed by atoms with E-state index < -0.39 is 5.97 Å². The molecule has 0 bridgehead atoms. The van der Waals surface area contributed by atoms with Crippen LogP contribution < -0.4 is 10.1 Å². The largest absolute Gasteiger partial charge is 0.496 e. The van der Waals surface area contributed by atoms with Crippen molar-refractivity contribution in [3.05, 3.63) is 52.0 Å². The van der Waals surface area contributed by atoms with E-state index >= 15 is 0 Å². The SMILES string of the molecule is COC(=O)c1c(Cl)cc(Cl)cc1NC(=O)CSc1ccccc1OC. The van der Waals surface area contributed by atoms with Crippen molar-refractivity contribution in [3.8, 4) is 5.75 Å². The Morgan fingerprint density at radius 3 is 2.56 bits per heavy atom. The number of esters is 1. The Bertz CT molecular complexity index is 798.